The summed E-state index contributed by atoms with van der Waals surface area (Å²) in [5.74, 6) is 1.42. The number of β-amino-alcohol motifs (C(OH)–C–C–N with tert-alkyl or cyclic N) is 1. The molecule has 0 amide bonds. The number of rotatable bonds is 8. The van der Waals surface area contributed by atoms with Crippen LogP contribution in [0.3, 0.4) is 0 Å². The van der Waals surface area contributed by atoms with Gasteiger partial charge in [0.05, 0.1) is 13.7 Å². The van der Waals surface area contributed by atoms with E-state index >= 15 is 0 Å². The third kappa shape index (κ3) is 5.84. The highest BCUT2D eigenvalue weighted by molar-refractivity contribution is 5.43. The van der Waals surface area contributed by atoms with E-state index < -0.39 is 6.10 Å². The lowest BCUT2D eigenvalue weighted by atomic mass is 10.2. The smallest absolute Gasteiger partial charge is 0.161 e. The molecule has 6 heteroatoms. The fourth-order valence-corrected chi connectivity index (χ4v) is 3.65. The molecule has 0 spiro atoms. The molecule has 0 aliphatic carbocycles. The van der Waals surface area contributed by atoms with E-state index in [0.29, 0.717) is 12.3 Å². The third-order valence-corrected chi connectivity index (χ3v) is 5.05. The van der Waals surface area contributed by atoms with Crippen molar-refractivity contribution in [2.45, 2.75) is 31.9 Å². The summed E-state index contributed by atoms with van der Waals surface area (Å²) in [5.41, 5.74) is 1.24. The minimum absolute atomic E-state index is 0.263. The Morgan fingerprint density at radius 2 is 1.85 bits per heavy atom. The highest BCUT2D eigenvalue weighted by atomic mass is 16.5. The molecule has 1 N–H and O–H groups in total. The average Bonchev–Trinajstić information content (AvgIpc) is 3.03. The van der Waals surface area contributed by atoms with Crippen LogP contribution in [0.25, 0.3) is 0 Å². The zero-order valence-corrected chi connectivity index (χ0v) is 15.9. The van der Waals surface area contributed by atoms with Gasteiger partial charge in [-0.05, 0) is 50.0 Å². The number of aliphatic hydroxyl groups excluding tert-OH is 1. The number of methoxy groups -OCH3 is 1. The molecule has 0 bridgehead atoms. The molecular formula is C20H32N2O4. The highest BCUT2D eigenvalue weighted by Gasteiger charge is 2.16. The molecule has 1 unspecified atom stereocenters. The first-order valence-corrected chi connectivity index (χ1v) is 9.75. The third-order valence-electron chi connectivity index (χ3n) is 5.05. The van der Waals surface area contributed by atoms with Crippen LogP contribution in [0.15, 0.2) is 18.2 Å². The Morgan fingerprint density at radius 3 is 2.65 bits per heavy atom. The first-order valence-electron chi connectivity index (χ1n) is 9.75. The summed E-state index contributed by atoms with van der Waals surface area (Å²) in [6, 6.07) is 6.09. The fraction of sp³-hybridized carbons (Fsp3) is 0.700. The van der Waals surface area contributed by atoms with E-state index in [-0.39, 0.29) is 6.61 Å². The maximum absolute atomic E-state index is 10.3. The summed E-state index contributed by atoms with van der Waals surface area (Å²) in [6.07, 6.45) is 3.07. The molecule has 2 heterocycles. The molecule has 2 fully saturated rings. The number of nitrogens with zero attached hydrogens (tertiary/aromatic N) is 2. The van der Waals surface area contributed by atoms with Crippen LogP contribution in [-0.4, -0.2) is 80.7 Å². The zero-order valence-electron chi connectivity index (χ0n) is 15.9. The van der Waals surface area contributed by atoms with Gasteiger partial charge in [0.25, 0.3) is 0 Å². The molecule has 1 atom stereocenters. The van der Waals surface area contributed by atoms with Crippen molar-refractivity contribution in [3.63, 3.8) is 0 Å². The van der Waals surface area contributed by atoms with Crippen LogP contribution in [0.5, 0.6) is 11.5 Å². The van der Waals surface area contributed by atoms with Gasteiger partial charge in [-0.3, -0.25) is 9.80 Å². The molecule has 1 aromatic rings. The molecule has 146 valence electrons. The van der Waals surface area contributed by atoms with Crippen LogP contribution in [-0.2, 0) is 11.3 Å². The van der Waals surface area contributed by atoms with Gasteiger partial charge in [0, 0.05) is 32.8 Å². The number of likely N-dealkylation sites (tertiary alicyclic amines) is 1. The van der Waals surface area contributed by atoms with Gasteiger partial charge in [0.2, 0.25) is 0 Å². The number of hydrogen-bond donors (Lipinski definition) is 1. The van der Waals surface area contributed by atoms with E-state index in [2.05, 4.69) is 15.9 Å². The first kappa shape index (κ1) is 19.4. The summed E-state index contributed by atoms with van der Waals surface area (Å²) < 4.78 is 16.8. The second kappa shape index (κ2) is 10.1. The maximum Gasteiger partial charge on any atom is 0.161 e. The lowest BCUT2D eigenvalue weighted by Crippen LogP contribution is -2.37. The minimum atomic E-state index is -0.526. The summed E-state index contributed by atoms with van der Waals surface area (Å²) >= 11 is 0. The van der Waals surface area contributed by atoms with Gasteiger partial charge in [0.15, 0.2) is 11.5 Å². The van der Waals surface area contributed by atoms with Crippen LogP contribution < -0.4 is 9.47 Å². The minimum Gasteiger partial charge on any atom is -0.493 e. The Balaban J connectivity index is 1.49. The topological polar surface area (TPSA) is 54.4 Å². The number of ether oxygens (including phenoxy) is 3. The number of aliphatic hydroxyl groups is 1. The van der Waals surface area contributed by atoms with E-state index in [4.69, 9.17) is 14.2 Å². The van der Waals surface area contributed by atoms with Crippen molar-refractivity contribution < 1.29 is 19.3 Å². The van der Waals surface area contributed by atoms with Gasteiger partial charge >= 0.3 is 0 Å². The zero-order chi connectivity index (χ0) is 18.2. The highest BCUT2D eigenvalue weighted by Crippen LogP contribution is 2.29. The van der Waals surface area contributed by atoms with Gasteiger partial charge < -0.3 is 19.3 Å². The molecule has 26 heavy (non-hydrogen) atoms. The van der Waals surface area contributed by atoms with E-state index in [0.717, 1.165) is 45.0 Å². The van der Waals surface area contributed by atoms with Crippen LogP contribution in [0.2, 0.25) is 0 Å². The summed E-state index contributed by atoms with van der Waals surface area (Å²) in [4.78, 5) is 4.70. The van der Waals surface area contributed by atoms with E-state index in [1.54, 1.807) is 7.11 Å². The van der Waals surface area contributed by atoms with Crippen LogP contribution in [0.1, 0.15) is 24.8 Å². The Labute approximate surface area is 156 Å². The molecule has 2 aliphatic heterocycles. The van der Waals surface area contributed by atoms with Gasteiger partial charge in [-0.2, -0.15) is 0 Å². The van der Waals surface area contributed by atoms with Crippen molar-refractivity contribution in [3.8, 4) is 11.5 Å². The Bertz CT molecular complexity index is 541. The van der Waals surface area contributed by atoms with Crippen molar-refractivity contribution in [3.05, 3.63) is 23.8 Å². The van der Waals surface area contributed by atoms with Gasteiger partial charge in [-0.25, -0.2) is 0 Å². The van der Waals surface area contributed by atoms with Crippen molar-refractivity contribution in [2.75, 3.05) is 59.7 Å². The van der Waals surface area contributed by atoms with Crippen molar-refractivity contribution in [1.29, 1.82) is 0 Å². The molecule has 0 saturated carbocycles. The van der Waals surface area contributed by atoms with Gasteiger partial charge in [-0.15, -0.1) is 0 Å². The molecule has 0 radical (unpaired) electrons. The van der Waals surface area contributed by atoms with E-state index in [1.165, 1.54) is 31.5 Å². The Hall–Kier alpha value is -1.34. The monoisotopic (exact) mass is 364 g/mol. The van der Waals surface area contributed by atoms with Crippen LogP contribution in [0.4, 0.5) is 0 Å². The second-order valence-corrected chi connectivity index (χ2v) is 7.20. The number of benzene rings is 1. The molecule has 3 rings (SSSR count). The van der Waals surface area contributed by atoms with Crippen LogP contribution >= 0.6 is 0 Å². The molecular weight excluding hydrogens is 332 g/mol. The standard InChI is InChI=1S/C20H32N2O4/c1-24-20-13-17(14-21-7-2-3-8-21)5-6-19(20)26-16-18(23)15-22-9-4-11-25-12-10-22/h5-6,13,18,23H,2-4,7-12,14-16H2,1H3. The van der Waals surface area contributed by atoms with Gasteiger partial charge in [-0.1, -0.05) is 6.07 Å². The van der Waals surface area contributed by atoms with Gasteiger partial charge in [0.1, 0.15) is 12.7 Å². The summed E-state index contributed by atoms with van der Waals surface area (Å²) in [6.45, 7) is 7.55. The Kier molecular flexibility index (Phi) is 7.55. The molecule has 2 saturated heterocycles. The summed E-state index contributed by atoms with van der Waals surface area (Å²) in [5, 5.41) is 10.3. The van der Waals surface area contributed by atoms with E-state index in [1.807, 2.05) is 12.1 Å². The SMILES string of the molecule is COc1cc(CN2CCCC2)ccc1OCC(O)CN1CCCOCC1. The second-order valence-electron chi connectivity index (χ2n) is 7.20. The lowest BCUT2D eigenvalue weighted by Gasteiger charge is -2.23. The fourth-order valence-electron chi connectivity index (χ4n) is 3.65. The van der Waals surface area contributed by atoms with E-state index in [9.17, 15) is 5.11 Å². The predicted octanol–water partition coefficient (Wildman–Crippen LogP) is 1.75. The molecule has 0 aromatic heterocycles. The maximum atomic E-state index is 10.3. The lowest BCUT2D eigenvalue weighted by molar-refractivity contribution is 0.0649. The van der Waals surface area contributed by atoms with Crippen molar-refractivity contribution >= 4 is 0 Å². The Morgan fingerprint density at radius 1 is 1.04 bits per heavy atom. The quantitative estimate of drug-likeness (QED) is 0.759. The predicted molar refractivity (Wildman–Crippen MR) is 101 cm³/mol. The number of hydrogen-bond acceptors (Lipinski definition) is 6. The van der Waals surface area contributed by atoms with Crippen molar-refractivity contribution in [2.24, 2.45) is 0 Å². The van der Waals surface area contributed by atoms with Crippen molar-refractivity contribution in [1.82, 2.24) is 9.80 Å². The normalized spacial score (nSPS) is 20.7. The largest absolute Gasteiger partial charge is 0.493 e. The van der Waals surface area contributed by atoms with Crippen LogP contribution in [0, 0.1) is 0 Å². The average molecular weight is 364 g/mol. The molecule has 1 aromatic carbocycles. The molecule has 2 aliphatic rings. The summed E-state index contributed by atoms with van der Waals surface area (Å²) in [7, 11) is 1.66. The molecule has 6 nitrogen and oxygen atoms in total. The first-order chi connectivity index (χ1) is 12.7.